The molecule has 0 unspecified atom stereocenters. The monoisotopic (exact) mass is 467 g/mol. The van der Waals surface area contributed by atoms with Gasteiger partial charge in [-0.15, -0.1) is 0 Å². The number of urea groups is 1. The highest BCUT2D eigenvalue weighted by Gasteiger charge is 2.55. The number of carbonyl (C=O) groups excluding carboxylic acids is 3. The third-order valence-electron chi connectivity index (χ3n) is 6.89. The molecule has 0 saturated carbocycles. The fourth-order valence-corrected chi connectivity index (χ4v) is 4.95. The normalized spacial score (nSPS) is 21.1. The lowest BCUT2D eigenvalue weighted by atomic mass is 9.74. The van der Waals surface area contributed by atoms with Gasteiger partial charge in [0.2, 0.25) is 0 Å². The molecular formula is C26H30FN3O4. The maximum absolute atomic E-state index is 13.6. The zero-order valence-corrected chi connectivity index (χ0v) is 19.6. The third kappa shape index (κ3) is 4.68. The van der Waals surface area contributed by atoms with Gasteiger partial charge in [-0.05, 0) is 55.5 Å². The summed E-state index contributed by atoms with van der Waals surface area (Å²) >= 11 is 0. The third-order valence-corrected chi connectivity index (χ3v) is 6.89. The number of rotatable bonds is 7. The van der Waals surface area contributed by atoms with E-state index in [9.17, 15) is 18.8 Å². The van der Waals surface area contributed by atoms with E-state index < -0.39 is 11.6 Å². The standard InChI is InChI=1S/C26H30FN3O4/c1-18-3-7-20(8-4-18)23(31)29-13-11-21(12-14-29)26(17-19-5-9-22(27)10-6-19)24(32)30(15-16-34-2)25(33)28-26/h3-10,21H,11-17H2,1-2H3,(H,28,33)/t26-/m1/s1. The van der Waals surface area contributed by atoms with Gasteiger partial charge in [0.1, 0.15) is 11.4 Å². The zero-order chi connectivity index (χ0) is 24.3. The van der Waals surface area contributed by atoms with Gasteiger partial charge in [0.25, 0.3) is 11.8 Å². The molecular weight excluding hydrogens is 437 g/mol. The van der Waals surface area contributed by atoms with Gasteiger partial charge < -0.3 is 15.0 Å². The van der Waals surface area contributed by atoms with Gasteiger partial charge in [0, 0.05) is 32.2 Å². The molecule has 34 heavy (non-hydrogen) atoms. The van der Waals surface area contributed by atoms with Crippen LogP contribution in [0.2, 0.25) is 0 Å². The van der Waals surface area contributed by atoms with E-state index in [0.717, 1.165) is 11.1 Å². The van der Waals surface area contributed by atoms with E-state index >= 15 is 0 Å². The van der Waals surface area contributed by atoms with Crippen molar-refractivity contribution in [2.75, 3.05) is 33.4 Å². The number of halogens is 1. The number of likely N-dealkylation sites (tertiary alicyclic amines) is 1. The molecule has 4 rings (SSSR count). The van der Waals surface area contributed by atoms with Crippen molar-refractivity contribution in [1.29, 1.82) is 0 Å². The Balaban J connectivity index is 1.54. The molecule has 2 aromatic carbocycles. The number of methoxy groups -OCH3 is 1. The summed E-state index contributed by atoms with van der Waals surface area (Å²) in [7, 11) is 1.52. The van der Waals surface area contributed by atoms with Crippen LogP contribution < -0.4 is 5.32 Å². The lowest BCUT2D eigenvalue weighted by molar-refractivity contribution is -0.134. The summed E-state index contributed by atoms with van der Waals surface area (Å²) in [5, 5.41) is 2.98. The second-order valence-corrected chi connectivity index (χ2v) is 9.09. The molecule has 1 atom stereocenters. The van der Waals surface area contributed by atoms with Gasteiger partial charge in [-0.1, -0.05) is 29.8 Å². The summed E-state index contributed by atoms with van der Waals surface area (Å²) in [5.74, 6) is -0.843. The van der Waals surface area contributed by atoms with Gasteiger partial charge in [0.15, 0.2) is 0 Å². The molecule has 180 valence electrons. The first-order valence-electron chi connectivity index (χ1n) is 11.6. The Kier molecular flexibility index (Phi) is 6.97. The highest BCUT2D eigenvalue weighted by Crippen LogP contribution is 2.37. The summed E-state index contributed by atoms with van der Waals surface area (Å²) in [4.78, 5) is 42.4. The van der Waals surface area contributed by atoms with E-state index in [1.165, 1.54) is 24.1 Å². The van der Waals surface area contributed by atoms with Crippen LogP contribution in [0.15, 0.2) is 48.5 Å². The van der Waals surface area contributed by atoms with Crippen molar-refractivity contribution in [2.24, 2.45) is 5.92 Å². The van der Waals surface area contributed by atoms with Crippen LogP contribution in [0, 0.1) is 18.7 Å². The van der Waals surface area contributed by atoms with Crippen LogP contribution in [0.1, 0.15) is 34.3 Å². The predicted octanol–water partition coefficient (Wildman–Crippen LogP) is 3.17. The minimum Gasteiger partial charge on any atom is -0.383 e. The molecule has 0 aromatic heterocycles. The number of imide groups is 1. The molecule has 0 spiro atoms. The predicted molar refractivity (Wildman–Crippen MR) is 125 cm³/mol. The molecule has 0 radical (unpaired) electrons. The summed E-state index contributed by atoms with van der Waals surface area (Å²) in [6.45, 7) is 3.36. The highest BCUT2D eigenvalue weighted by atomic mass is 19.1. The lowest BCUT2D eigenvalue weighted by Gasteiger charge is -2.41. The zero-order valence-electron chi connectivity index (χ0n) is 19.6. The van der Waals surface area contributed by atoms with Crippen LogP contribution >= 0.6 is 0 Å². The number of amides is 4. The number of aryl methyl sites for hydroxylation is 1. The second kappa shape index (κ2) is 9.93. The SMILES string of the molecule is COCCN1C(=O)N[C@](Cc2ccc(F)cc2)(C2CCN(C(=O)c3ccc(C)cc3)CC2)C1=O. The number of carbonyl (C=O) groups is 3. The lowest BCUT2D eigenvalue weighted by Crippen LogP contribution is -2.58. The molecule has 0 aliphatic carbocycles. The largest absolute Gasteiger partial charge is 0.383 e. The number of nitrogens with one attached hydrogen (secondary N) is 1. The van der Waals surface area contributed by atoms with Crippen molar-refractivity contribution in [2.45, 2.75) is 31.7 Å². The molecule has 8 heteroatoms. The van der Waals surface area contributed by atoms with E-state index in [1.54, 1.807) is 17.0 Å². The Hall–Kier alpha value is -3.26. The molecule has 2 saturated heterocycles. The Labute approximate surface area is 198 Å². The number of nitrogens with zero attached hydrogens (tertiary/aromatic N) is 2. The fraction of sp³-hybridized carbons (Fsp3) is 0.423. The summed E-state index contributed by atoms with van der Waals surface area (Å²) in [6, 6.07) is 13.0. The summed E-state index contributed by atoms with van der Waals surface area (Å²) in [5.41, 5.74) is 1.36. The quantitative estimate of drug-likeness (QED) is 0.635. The van der Waals surface area contributed by atoms with E-state index in [-0.39, 0.29) is 43.1 Å². The molecule has 2 aromatic rings. The van der Waals surface area contributed by atoms with Crippen molar-refractivity contribution in [3.05, 3.63) is 71.0 Å². The van der Waals surface area contributed by atoms with Crippen molar-refractivity contribution < 1.29 is 23.5 Å². The van der Waals surface area contributed by atoms with Crippen molar-refractivity contribution >= 4 is 17.8 Å². The highest BCUT2D eigenvalue weighted by molar-refractivity contribution is 6.07. The molecule has 2 fully saturated rings. The van der Waals surface area contributed by atoms with Crippen LogP contribution in [-0.4, -0.2) is 66.5 Å². The Morgan fingerprint density at radius 3 is 2.35 bits per heavy atom. The maximum atomic E-state index is 13.6. The van der Waals surface area contributed by atoms with Crippen LogP contribution in [0.25, 0.3) is 0 Å². The maximum Gasteiger partial charge on any atom is 0.325 e. The number of hydrogen-bond acceptors (Lipinski definition) is 4. The average Bonchev–Trinajstić information content (AvgIpc) is 3.08. The minimum absolute atomic E-state index is 0.0328. The molecule has 2 aliphatic rings. The average molecular weight is 468 g/mol. The Morgan fingerprint density at radius 2 is 1.74 bits per heavy atom. The fourth-order valence-electron chi connectivity index (χ4n) is 4.95. The molecule has 7 nitrogen and oxygen atoms in total. The van der Waals surface area contributed by atoms with E-state index in [1.807, 2.05) is 31.2 Å². The van der Waals surface area contributed by atoms with Gasteiger partial charge in [-0.25, -0.2) is 9.18 Å². The Bertz CT molecular complexity index is 1050. The van der Waals surface area contributed by atoms with Gasteiger partial charge in [-0.3, -0.25) is 14.5 Å². The molecule has 1 N–H and O–H groups in total. The van der Waals surface area contributed by atoms with Gasteiger partial charge in [-0.2, -0.15) is 0 Å². The van der Waals surface area contributed by atoms with E-state index in [0.29, 0.717) is 31.5 Å². The van der Waals surface area contributed by atoms with Crippen LogP contribution in [0.3, 0.4) is 0 Å². The summed E-state index contributed by atoms with van der Waals surface area (Å²) in [6.07, 6.45) is 1.41. The topological polar surface area (TPSA) is 79.0 Å². The number of piperidine rings is 1. The van der Waals surface area contributed by atoms with Crippen molar-refractivity contribution in [1.82, 2.24) is 15.1 Å². The van der Waals surface area contributed by atoms with Gasteiger partial charge >= 0.3 is 6.03 Å². The minimum atomic E-state index is -1.14. The molecule has 0 bridgehead atoms. The van der Waals surface area contributed by atoms with Crippen LogP contribution in [0.5, 0.6) is 0 Å². The van der Waals surface area contributed by atoms with E-state index in [4.69, 9.17) is 4.74 Å². The Morgan fingerprint density at radius 1 is 1.09 bits per heavy atom. The van der Waals surface area contributed by atoms with Crippen molar-refractivity contribution in [3.8, 4) is 0 Å². The smallest absolute Gasteiger partial charge is 0.325 e. The number of benzene rings is 2. The molecule has 4 amide bonds. The molecule has 2 heterocycles. The second-order valence-electron chi connectivity index (χ2n) is 9.09. The first-order chi connectivity index (χ1) is 16.3. The molecule has 2 aliphatic heterocycles. The first kappa shape index (κ1) is 23.9. The first-order valence-corrected chi connectivity index (χ1v) is 11.6. The summed E-state index contributed by atoms with van der Waals surface area (Å²) < 4.78 is 18.6. The van der Waals surface area contributed by atoms with Crippen LogP contribution in [-0.2, 0) is 16.0 Å². The van der Waals surface area contributed by atoms with Gasteiger partial charge in [0.05, 0.1) is 13.2 Å². The number of ether oxygens (including phenoxy) is 1. The van der Waals surface area contributed by atoms with Crippen LogP contribution in [0.4, 0.5) is 9.18 Å². The van der Waals surface area contributed by atoms with Crippen molar-refractivity contribution in [3.63, 3.8) is 0 Å². The van der Waals surface area contributed by atoms with E-state index in [2.05, 4.69) is 5.32 Å². The number of hydrogen-bond donors (Lipinski definition) is 1.